The summed E-state index contributed by atoms with van der Waals surface area (Å²) in [5, 5.41) is 0. The van der Waals surface area contributed by atoms with Crippen molar-refractivity contribution in [2.24, 2.45) is 5.73 Å². The van der Waals surface area contributed by atoms with Gasteiger partial charge in [0, 0.05) is 0 Å². The summed E-state index contributed by atoms with van der Waals surface area (Å²) in [5.41, 5.74) is 5.03. The number of hydrogen-bond donors (Lipinski definition) is 1. The average Bonchev–Trinajstić information content (AvgIpc) is 1.69. The molecule has 3 nitrogen and oxygen atoms in total. The predicted octanol–water partition coefficient (Wildman–Crippen LogP) is -0.228. The van der Waals surface area contributed by atoms with E-state index < -0.39 is 0 Å². The molecule has 0 amide bonds. The van der Waals surface area contributed by atoms with Gasteiger partial charge >= 0.3 is 6.15 Å². The van der Waals surface area contributed by atoms with E-state index in [1.807, 2.05) is 0 Å². The van der Waals surface area contributed by atoms with Crippen LogP contribution < -0.4 is 5.73 Å². The molecular formula is C4H9NO2. The van der Waals surface area contributed by atoms with Crippen molar-refractivity contribution in [1.29, 1.82) is 0 Å². The Hall–Kier alpha value is -0.660. The van der Waals surface area contributed by atoms with E-state index in [0.717, 1.165) is 13.0 Å². The smallest absolute Gasteiger partial charge is 0.330 e. The summed E-state index contributed by atoms with van der Waals surface area (Å²) in [4.78, 5) is 16.2. The summed E-state index contributed by atoms with van der Waals surface area (Å²) >= 11 is 0. The molecule has 0 unspecified atom stereocenters. The van der Waals surface area contributed by atoms with E-state index >= 15 is 0 Å². The first kappa shape index (κ1) is 9.60. The lowest BCUT2D eigenvalue weighted by atomic mass is 10.5. The molecule has 0 atom stereocenters. The number of carbonyl (C=O) groups excluding carboxylic acids is 2. The summed E-state index contributed by atoms with van der Waals surface area (Å²) in [6.45, 7) is 2.88. The van der Waals surface area contributed by atoms with Crippen LogP contribution in [-0.2, 0) is 9.59 Å². The molecule has 0 aromatic rings. The van der Waals surface area contributed by atoms with Crippen LogP contribution in [0, 0.1) is 0 Å². The third kappa shape index (κ3) is 515. The second-order valence-corrected chi connectivity index (χ2v) is 0.872. The highest BCUT2D eigenvalue weighted by Crippen LogP contribution is 1.57. The van der Waals surface area contributed by atoms with Crippen molar-refractivity contribution in [3.63, 3.8) is 0 Å². The number of rotatable bonds is 1. The van der Waals surface area contributed by atoms with E-state index in [0.29, 0.717) is 0 Å². The molecule has 42 valence electrons. The van der Waals surface area contributed by atoms with Gasteiger partial charge in [0.1, 0.15) is 0 Å². The SMILES string of the molecule is CCCN.O=C=O. The zero-order valence-electron chi connectivity index (χ0n) is 4.31. The molecule has 0 aliphatic rings. The monoisotopic (exact) mass is 103 g/mol. The van der Waals surface area contributed by atoms with Gasteiger partial charge in [0.25, 0.3) is 0 Å². The highest BCUT2D eigenvalue weighted by atomic mass is 16.2. The molecule has 2 N–H and O–H groups in total. The molecule has 0 fully saturated rings. The van der Waals surface area contributed by atoms with Crippen molar-refractivity contribution >= 4 is 6.15 Å². The Morgan fingerprint density at radius 3 is 1.71 bits per heavy atom. The molecule has 7 heavy (non-hydrogen) atoms. The zero-order chi connectivity index (χ0) is 6.12. The van der Waals surface area contributed by atoms with Gasteiger partial charge in [-0.3, -0.25) is 0 Å². The van der Waals surface area contributed by atoms with Crippen LogP contribution in [0.2, 0.25) is 0 Å². The van der Waals surface area contributed by atoms with Gasteiger partial charge in [0.05, 0.1) is 0 Å². The van der Waals surface area contributed by atoms with Crippen molar-refractivity contribution in [2.75, 3.05) is 6.54 Å². The molecule has 0 radical (unpaired) electrons. The van der Waals surface area contributed by atoms with Crippen molar-refractivity contribution in [3.8, 4) is 0 Å². The van der Waals surface area contributed by atoms with Gasteiger partial charge in [-0.1, -0.05) is 6.92 Å². The normalized spacial score (nSPS) is 5.43. The van der Waals surface area contributed by atoms with Gasteiger partial charge in [-0.05, 0) is 13.0 Å². The molecular weight excluding hydrogens is 94.0 g/mol. The maximum Gasteiger partial charge on any atom is 0.373 e. The molecule has 0 aromatic carbocycles. The molecule has 0 aromatic heterocycles. The second kappa shape index (κ2) is 18.4. The van der Waals surface area contributed by atoms with E-state index in [2.05, 4.69) is 6.92 Å². The van der Waals surface area contributed by atoms with Crippen LogP contribution in [0.3, 0.4) is 0 Å². The maximum atomic E-state index is 8.12. The zero-order valence-corrected chi connectivity index (χ0v) is 4.31. The lowest BCUT2D eigenvalue weighted by Gasteiger charge is -1.70. The van der Waals surface area contributed by atoms with Gasteiger partial charge < -0.3 is 5.73 Å². The van der Waals surface area contributed by atoms with Gasteiger partial charge in [-0.15, -0.1) is 0 Å². The third-order valence-corrected chi connectivity index (χ3v) is 0.289. The summed E-state index contributed by atoms with van der Waals surface area (Å²) in [5.74, 6) is 0. The molecule has 0 aliphatic carbocycles. The topological polar surface area (TPSA) is 60.2 Å². The molecule has 3 heteroatoms. The third-order valence-electron chi connectivity index (χ3n) is 0.289. The molecule has 0 saturated carbocycles. The summed E-state index contributed by atoms with van der Waals surface area (Å²) in [6.07, 6.45) is 1.35. The van der Waals surface area contributed by atoms with E-state index in [1.165, 1.54) is 0 Å². The molecule has 0 bridgehead atoms. The van der Waals surface area contributed by atoms with Gasteiger partial charge in [0.15, 0.2) is 0 Å². The Kier molecular flexibility index (Phi) is 25.2. The standard InChI is InChI=1S/C3H9N.CO2/c1-2-3-4;2-1-3/h2-4H2,1H3;. The number of hydrogen-bond acceptors (Lipinski definition) is 3. The number of nitrogens with two attached hydrogens (primary N) is 1. The van der Waals surface area contributed by atoms with Gasteiger partial charge in [-0.2, -0.15) is 9.59 Å². The first-order valence-electron chi connectivity index (χ1n) is 2.02. The minimum Gasteiger partial charge on any atom is -0.330 e. The minimum absolute atomic E-state index is 0.250. The van der Waals surface area contributed by atoms with Crippen molar-refractivity contribution in [2.45, 2.75) is 13.3 Å². The maximum absolute atomic E-state index is 8.12. The first-order chi connectivity index (χ1) is 3.33. The Morgan fingerprint density at radius 1 is 1.57 bits per heavy atom. The van der Waals surface area contributed by atoms with E-state index in [1.54, 1.807) is 0 Å². The summed E-state index contributed by atoms with van der Waals surface area (Å²) in [7, 11) is 0. The largest absolute Gasteiger partial charge is 0.373 e. The van der Waals surface area contributed by atoms with E-state index in [9.17, 15) is 0 Å². The summed E-state index contributed by atoms with van der Waals surface area (Å²) < 4.78 is 0. The van der Waals surface area contributed by atoms with Crippen LogP contribution in [0.5, 0.6) is 0 Å². The highest BCUT2D eigenvalue weighted by molar-refractivity contribution is 5.20. The van der Waals surface area contributed by atoms with Crippen LogP contribution in [0.1, 0.15) is 13.3 Å². The molecule has 0 saturated heterocycles. The molecule has 0 aliphatic heterocycles. The Balaban J connectivity index is 0. The fraction of sp³-hybridized carbons (Fsp3) is 0.750. The van der Waals surface area contributed by atoms with Crippen LogP contribution >= 0.6 is 0 Å². The van der Waals surface area contributed by atoms with Crippen LogP contribution in [-0.4, -0.2) is 12.7 Å². The van der Waals surface area contributed by atoms with Crippen LogP contribution in [0.15, 0.2) is 0 Å². The van der Waals surface area contributed by atoms with Gasteiger partial charge in [-0.25, -0.2) is 0 Å². The predicted molar refractivity (Wildman–Crippen MR) is 24.4 cm³/mol. The van der Waals surface area contributed by atoms with E-state index in [-0.39, 0.29) is 6.15 Å². The molecule has 0 rings (SSSR count). The molecule has 0 heterocycles. The van der Waals surface area contributed by atoms with Crippen molar-refractivity contribution in [1.82, 2.24) is 0 Å². The van der Waals surface area contributed by atoms with Crippen molar-refractivity contribution in [3.05, 3.63) is 0 Å². The lowest BCUT2D eigenvalue weighted by Crippen LogP contribution is -1.93. The van der Waals surface area contributed by atoms with Gasteiger partial charge in [0.2, 0.25) is 0 Å². The minimum atomic E-state index is 0.250. The van der Waals surface area contributed by atoms with Crippen molar-refractivity contribution < 1.29 is 9.59 Å². The average molecular weight is 103 g/mol. The quantitative estimate of drug-likeness (QED) is 0.498. The molecule has 0 spiro atoms. The Morgan fingerprint density at radius 2 is 1.71 bits per heavy atom. The van der Waals surface area contributed by atoms with Crippen LogP contribution in [0.25, 0.3) is 0 Å². The van der Waals surface area contributed by atoms with Crippen LogP contribution in [0.4, 0.5) is 0 Å². The Labute approximate surface area is 42.5 Å². The fourth-order valence-electron chi connectivity index (χ4n) is 0. The summed E-state index contributed by atoms with van der Waals surface area (Å²) in [6, 6.07) is 0. The second-order valence-electron chi connectivity index (χ2n) is 0.872. The highest BCUT2D eigenvalue weighted by Gasteiger charge is 1.55. The Bertz CT molecular complexity index is 45.7. The first-order valence-corrected chi connectivity index (χ1v) is 2.02. The van der Waals surface area contributed by atoms with E-state index in [4.69, 9.17) is 15.3 Å². The lowest BCUT2D eigenvalue weighted by molar-refractivity contribution is -0.191. The fourth-order valence-corrected chi connectivity index (χ4v) is 0.